The summed E-state index contributed by atoms with van der Waals surface area (Å²) in [6.07, 6.45) is -2.32. The molecule has 12 heteroatoms. The fourth-order valence-electron chi connectivity index (χ4n) is 6.00. The number of carbonyl (C=O) groups excluding carboxylic acids is 6. The zero-order chi connectivity index (χ0) is 37.4. The van der Waals surface area contributed by atoms with Gasteiger partial charge in [-0.1, -0.05) is 102 Å². The van der Waals surface area contributed by atoms with Crippen molar-refractivity contribution in [1.29, 1.82) is 0 Å². The summed E-state index contributed by atoms with van der Waals surface area (Å²) in [5.74, 6) is -6.73. The van der Waals surface area contributed by atoms with Crippen LogP contribution in [0.15, 0.2) is 0 Å². The second kappa shape index (κ2) is 18.5. The maximum atomic E-state index is 14.1. The van der Waals surface area contributed by atoms with Crippen molar-refractivity contribution in [1.82, 2.24) is 14.7 Å². The van der Waals surface area contributed by atoms with Crippen LogP contribution < -0.4 is 0 Å². The van der Waals surface area contributed by atoms with E-state index >= 15 is 0 Å². The number of carbonyl (C=O) groups is 6. The Kier molecular flexibility index (Phi) is 16.6. The quantitative estimate of drug-likeness (QED) is 0.257. The van der Waals surface area contributed by atoms with E-state index in [4.69, 9.17) is 14.2 Å². The Bertz CT molecular complexity index is 1000. The molecule has 0 aromatic rings. The van der Waals surface area contributed by atoms with Crippen LogP contribution in [0.25, 0.3) is 0 Å². The van der Waals surface area contributed by atoms with Gasteiger partial charge in [-0.25, -0.2) is 14.4 Å². The van der Waals surface area contributed by atoms with Crippen molar-refractivity contribution in [3.63, 3.8) is 0 Å². The highest BCUT2D eigenvalue weighted by Crippen LogP contribution is 2.27. The third kappa shape index (κ3) is 9.94. The molecular formula is C36H63N3O9. The zero-order valence-electron chi connectivity index (χ0n) is 32.1. The number of nitrogens with zero attached hydrogens (tertiary/aromatic N) is 3. The van der Waals surface area contributed by atoms with Crippen LogP contribution in [0.4, 0.5) is 0 Å². The van der Waals surface area contributed by atoms with E-state index in [2.05, 4.69) is 0 Å². The number of hydrogen-bond acceptors (Lipinski definition) is 9. The third-order valence-electron chi connectivity index (χ3n) is 9.84. The third-order valence-corrected chi connectivity index (χ3v) is 9.84. The van der Waals surface area contributed by atoms with Crippen LogP contribution in [0.1, 0.15) is 102 Å². The lowest BCUT2D eigenvalue weighted by atomic mass is 9.94. The predicted molar refractivity (Wildman–Crippen MR) is 182 cm³/mol. The molecule has 0 bridgehead atoms. The highest BCUT2D eigenvalue weighted by atomic mass is 16.6. The van der Waals surface area contributed by atoms with E-state index in [-0.39, 0.29) is 17.8 Å². The normalized spacial score (nSPS) is 28.2. The van der Waals surface area contributed by atoms with Crippen LogP contribution in [0, 0.1) is 35.5 Å². The second-order valence-electron chi connectivity index (χ2n) is 14.6. The SMILES string of the molecule is CC[C@@H](C)[C@@H]1C(=O)O[C@H](C(C)C)C(=O)N(C)[C@H]([C@@H](C)CC)C(=O)O[C@@H](C(C)C)C(=O)N(C)[C@H]([C@@H](C)CC)C(=O)O[C@H](C(C)C)C(=O)N1C. The molecule has 0 unspecified atom stereocenters. The Morgan fingerprint density at radius 3 is 0.771 bits per heavy atom. The molecule has 48 heavy (non-hydrogen) atoms. The van der Waals surface area contributed by atoms with Crippen molar-refractivity contribution in [3.05, 3.63) is 0 Å². The molecule has 1 fully saturated rings. The van der Waals surface area contributed by atoms with Crippen LogP contribution in [0.5, 0.6) is 0 Å². The van der Waals surface area contributed by atoms with Crippen molar-refractivity contribution >= 4 is 35.6 Å². The highest BCUT2D eigenvalue weighted by molar-refractivity contribution is 5.94. The Labute approximate surface area is 288 Å². The van der Waals surface area contributed by atoms with Gasteiger partial charge in [0.1, 0.15) is 18.1 Å². The maximum absolute atomic E-state index is 14.1. The van der Waals surface area contributed by atoms with E-state index in [0.717, 1.165) is 0 Å². The van der Waals surface area contributed by atoms with Gasteiger partial charge in [-0.2, -0.15) is 0 Å². The molecule has 0 saturated carbocycles. The number of cyclic esters (lactones) is 3. The number of ether oxygens (including phenoxy) is 3. The minimum Gasteiger partial charge on any atom is -0.450 e. The molecule has 0 radical (unpaired) electrons. The summed E-state index contributed by atoms with van der Waals surface area (Å²) in [6.45, 7) is 21.4. The monoisotopic (exact) mass is 681 g/mol. The summed E-state index contributed by atoms with van der Waals surface area (Å²) < 4.78 is 17.8. The summed E-state index contributed by atoms with van der Waals surface area (Å²) in [5, 5.41) is 0. The fraction of sp³-hybridized carbons (Fsp3) is 0.833. The molecule has 1 saturated heterocycles. The molecule has 0 aromatic heterocycles. The minimum atomic E-state index is -1.28. The van der Waals surface area contributed by atoms with Gasteiger partial charge in [0.05, 0.1) is 0 Å². The number of rotatable bonds is 9. The maximum Gasteiger partial charge on any atom is 0.329 e. The Hall–Kier alpha value is -3.18. The molecule has 1 rings (SSSR count). The Morgan fingerprint density at radius 2 is 0.625 bits per heavy atom. The van der Waals surface area contributed by atoms with E-state index in [1.807, 2.05) is 20.8 Å². The largest absolute Gasteiger partial charge is 0.450 e. The first-order valence-electron chi connectivity index (χ1n) is 17.6. The van der Waals surface area contributed by atoms with Crippen LogP contribution in [-0.4, -0.2) is 108 Å². The second-order valence-corrected chi connectivity index (χ2v) is 14.6. The van der Waals surface area contributed by atoms with Gasteiger partial charge in [-0.3, -0.25) is 14.4 Å². The molecule has 0 aliphatic carbocycles. The minimum absolute atomic E-state index is 0.381. The molecule has 1 heterocycles. The van der Waals surface area contributed by atoms with E-state index < -0.39 is 89.8 Å². The molecule has 276 valence electrons. The van der Waals surface area contributed by atoms with Gasteiger partial charge >= 0.3 is 17.9 Å². The first kappa shape index (κ1) is 42.8. The first-order chi connectivity index (χ1) is 22.2. The fourth-order valence-corrected chi connectivity index (χ4v) is 6.00. The molecule has 12 nitrogen and oxygen atoms in total. The van der Waals surface area contributed by atoms with Gasteiger partial charge in [0.15, 0.2) is 18.3 Å². The smallest absolute Gasteiger partial charge is 0.329 e. The number of hydrogen-bond donors (Lipinski definition) is 0. The lowest BCUT2D eigenvalue weighted by Crippen LogP contribution is -2.58. The average Bonchev–Trinajstić information content (AvgIpc) is 3.02. The average molecular weight is 682 g/mol. The van der Waals surface area contributed by atoms with E-state index in [1.54, 1.807) is 62.3 Å². The van der Waals surface area contributed by atoms with E-state index in [0.29, 0.717) is 19.3 Å². The Balaban J connectivity index is 4.04. The van der Waals surface area contributed by atoms with Gasteiger partial charge in [0.25, 0.3) is 17.7 Å². The molecule has 0 spiro atoms. The van der Waals surface area contributed by atoms with Gasteiger partial charge in [0, 0.05) is 21.1 Å². The van der Waals surface area contributed by atoms with Crippen LogP contribution >= 0.6 is 0 Å². The number of amides is 3. The van der Waals surface area contributed by atoms with Gasteiger partial charge in [0.2, 0.25) is 0 Å². The Morgan fingerprint density at radius 1 is 0.438 bits per heavy atom. The van der Waals surface area contributed by atoms with Crippen LogP contribution in [0.2, 0.25) is 0 Å². The zero-order valence-corrected chi connectivity index (χ0v) is 32.1. The van der Waals surface area contributed by atoms with Crippen molar-refractivity contribution < 1.29 is 43.0 Å². The summed E-state index contributed by atoms with van der Waals surface area (Å²) >= 11 is 0. The number of esters is 3. The van der Waals surface area contributed by atoms with Gasteiger partial charge in [-0.05, 0) is 35.5 Å². The van der Waals surface area contributed by atoms with Crippen LogP contribution in [-0.2, 0) is 43.0 Å². The summed E-state index contributed by atoms with van der Waals surface area (Å²) in [4.78, 5) is 87.8. The molecule has 1 aliphatic heterocycles. The van der Waals surface area contributed by atoms with Crippen molar-refractivity contribution in [2.75, 3.05) is 21.1 Å². The van der Waals surface area contributed by atoms with Gasteiger partial charge in [-0.15, -0.1) is 0 Å². The molecule has 3 amide bonds. The summed E-state index contributed by atoms with van der Waals surface area (Å²) in [5.41, 5.74) is 0. The van der Waals surface area contributed by atoms with Crippen molar-refractivity contribution in [2.45, 2.75) is 139 Å². The predicted octanol–water partition coefficient (Wildman–Crippen LogP) is 4.32. The molecular weight excluding hydrogens is 618 g/mol. The van der Waals surface area contributed by atoms with E-state index in [9.17, 15) is 28.8 Å². The van der Waals surface area contributed by atoms with Crippen molar-refractivity contribution in [2.24, 2.45) is 35.5 Å². The van der Waals surface area contributed by atoms with Crippen LogP contribution in [0.3, 0.4) is 0 Å². The van der Waals surface area contributed by atoms with E-state index in [1.165, 1.54) is 35.8 Å². The topological polar surface area (TPSA) is 140 Å². The van der Waals surface area contributed by atoms with Crippen molar-refractivity contribution in [3.8, 4) is 0 Å². The molecule has 0 N–H and O–H groups in total. The van der Waals surface area contributed by atoms with Gasteiger partial charge < -0.3 is 28.9 Å². The molecule has 0 aromatic carbocycles. The number of likely N-dealkylation sites (N-methyl/N-ethyl adjacent to an activating group) is 3. The standard InChI is InChI=1S/C36H63N3O9/c1-16-22(10)25-34(43)46-29(20(6)7)32(41)38(14)27(24(12)18-3)36(45)48-30(21(8)9)33(42)39(15)26(23(11)17-2)35(44)47-28(19(4)5)31(40)37(25)13/h19-30H,16-18H2,1-15H3/t22-,23-,24+,25+,26+,27+,28-,29+,30+/m0/s1. The lowest BCUT2D eigenvalue weighted by molar-refractivity contribution is -0.182. The molecule has 9 atom stereocenters. The summed E-state index contributed by atoms with van der Waals surface area (Å²) in [7, 11) is 4.39. The summed E-state index contributed by atoms with van der Waals surface area (Å²) in [6, 6.07) is -3.30. The first-order valence-corrected chi connectivity index (χ1v) is 17.6. The highest BCUT2D eigenvalue weighted by Gasteiger charge is 2.46. The lowest BCUT2D eigenvalue weighted by Gasteiger charge is -2.39. The molecule has 1 aliphatic rings.